The van der Waals surface area contributed by atoms with E-state index in [0.29, 0.717) is 46.8 Å². The zero-order valence-corrected chi connectivity index (χ0v) is 19.4. The summed E-state index contributed by atoms with van der Waals surface area (Å²) in [5.74, 6) is 1.03. The summed E-state index contributed by atoms with van der Waals surface area (Å²) in [7, 11) is 6.21. The highest BCUT2D eigenvalue weighted by atomic mass is 16.5. The number of benzene rings is 2. The lowest BCUT2D eigenvalue weighted by atomic mass is 10.0. The average molecular weight is 463 g/mol. The van der Waals surface area contributed by atoms with E-state index >= 15 is 0 Å². The molecule has 2 aromatic carbocycles. The Labute approximate surface area is 195 Å². The maximum atomic E-state index is 13.4. The Morgan fingerprint density at radius 2 is 1.74 bits per heavy atom. The summed E-state index contributed by atoms with van der Waals surface area (Å²) in [4.78, 5) is 26.3. The summed E-state index contributed by atoms with van der Waals surface area (Å²) in [5.41, 5.74) is 2.64. The maximum absolute atomic E-state index is 13.4. The number of phenols is 1. The van der Waals surface area contributed by atoms with E-state index in [-0.39, 0.29) is 11.3 Å². The summed E-state index contributed by atoms with van der Waals surface area (Å²) >= 11 is 0. The van der Waals surface area contributed by atoms with Crippen LogP contribution in [0.3, 0.4) is 0 Å². The van der Waals surface area contributed by atoms with Gasteiger partial charge in [0.2, 0.25) is 0 Å². The molecule has 2 aromatic heterocycles. The van der Waals surface area contributed by atoms with E-state index < -0.39 is 11.8 Å². The molecular formula is C25H25N3O6. The molecule has 0 unspecified atom stereocenters. The molecule has 0 spiro atoms. The number of phenolic OH excluding ortho intramolecular Hbond substituents is 1. The smallest absolute Gasteiger partial charge is 0.331 e. The number of aromatic hydroxyl groups is 1. The highest BCUT2D eigenvalue weighted by Crippen LogP contribution is 2.42. The number of nitrogens with zero attached hydrogens (tertiary/aromatic N) is 3. The van der Waals surface area contributed by atoms with Gasteiger partial charge >= 0.3 is 5.69 Å². The molecule has 3 heterocycles. The molecule has 4 aromatic rings. The van der Waals surface area contributed by atoms with E-state index in [0.717, 1.165) is 15.8 Å². The lowest BCUT2D eigenvalue weighted by molar-refractivity contribution is 0.0477. The standard InChI is InChI=1S/C25H25N3O6/c1-26-21-19(24(30)27(2)25(26)31)20(14-5-8-16(32-3)9-6-14)28-11-12-34-23(22(21)28)15-7-10-18(33-4)17(29)13-15/h5-10,13,23,29H,11-12H2,1-4H3/t23-/m1/s1. The van der Waals surface area contributed by atoms with Gasteiger partial charge in [-0.1, -0.05) is 6.07 Å². The largest absolute Gasteiger partial charge is 0.504 e. The zero-order valence-electron chi connectivity index (χ0n) is 19.4. The Morgan fingerprint density at radius 1 is 1.00 bits per heavy atom. The van der Waals surface area contributed by atoms with Crippen LogP contribution in [0, 0.1) is 0 Å². The maximum Gasteiger partial charge on any atom is 0.331 e. The first-order chi connectivity index (χ1) is 16.4. The second-order valence-corrected chi connectivity index (χ2v) is 8.23. The number of aryl methyl sites for hydroxylation is 1. The molecule has 0 saturated heterocycles. The topological polar surface area (TPSA) is 96.9 Å². The molecule has 5 rings (SSSR count). The third-order valence-corrected chi connectivity index (χ3v) is 6.42. The summed E-state index contributed by atoms with van der Waals surface area (Å²) in [6, 6.07) is 12.5. The second-order valence-electron chi connectivity index (χ2n) is 8.23. The summed E-state index contributed by atoms with van der Waals surface area (Å²) in [6.45, 7) is 0.893. The predicted octanol–water partition coefficient (Wildman–Crippen LogP) is 2.55. The van der Waals surface area contributed by atoms with Gasteiger partial charge in [-0.2, -0.15) is 0 Å². The van der Waals surface area contributed by atoms with Crippen molar-refractivity contribution in [2.24, 2.45) is 14.1 Å². The number of ether oxygens (including phenoxy) is 3. The minimum atomic E-state index is -0.599. The fourth-order valence-corrected chi connectivity index (χ4v) is 4.75. The number of rotatable bonds is 4. The van der Waals surface area contributed by atoms with Crippen molar-refractivity contribution in [2.75, 3.05) is 20.8 Å². The van der Waals surface area contributed by atoms with E-state index in [1.54, 1.807) is 26.3 Å². The van der Waals surface area contributed by atoms with Crippen molar-refractivity contribution in [3.8, 4) is 28.5 Å². The van der Waals surface area contributed by atoms with Gasteiger partial charge in [0.05, 0.1) is 43.1 Å². The first-order valence-electron chi connectivity index (χ1n) is 10.8. The molecule has 0 amide bonds. The first-order valence-corrected chi connectivity index (χ1v) is 10.8. The van der Waals surface area contributed by atoms with Gasteiger partial charge in [-0.3, -0.25) is 13.9 Å². The zero-order chi connectivity index (χ0) is 24.1. The molecule has 1 aliphatic rings. The van der Waals surface area contributed by atoms with Crippen LogP contribution < -0.4 is 20.7 Å². The van der Waals surface area contributed by atoms with E-state index in [4.69, 9.17) is 14.2 Å². The van der Waals surface area contributed by atoms with Crippen LogP contribution >= 0.6 is 0 Å². The van der Waals surface area contributed by atoms with Crippen LogP contribution in [0.2, 0.25) is 0 Å². The molecular weight excluding hydrogens is 438 g/mol. The molecule has 0 radical (unpaired) electrons. The van der Waals surface area contributed by atoms with Crippen molar-refractivity contribution >= 4 is 10.9 Å². The van der Waals surface area contributed by atoms with E-state index in [1.807, 2.05) is 34.9 Å². The van der Waals surface area contributed by atoms with Gasteiger partial charge < -0.3 is 23.9 Å². The van der Waals surface area contributed by atoms with Crippen LogP contribution in [-0.2, 0) is 25.4 Å². The monoisotopic (exact) mass is 463 g/mol. The van der Waals surface area contributed by atoms with Crippen molar-refractivity contribution in [3.63, 3.8) is 0 Å². The third-order valence-electron chi connectivity index (χ3n) is 6.42. The summed E-state index contributed by atoms with van der Waals surface area (Å²) < 4.78 is 21.3. The number of hydrogen-bond acceptors (Lipinski definition) is 6. The molecule has 34 heavy (non-hydrogen) atoms. The minimum absolute atomic E-state index is 0.0169. The molecule has 1 aliphatic heterocycles. The molecule has 0 saturated carbocycles. The van der Waals surface area contributed by atoms with Crippen molar-refractivity contribution in [1.29, 1.82) is 0 Å². The van der Waals surface area contributed by atoms with Gasteiger partial charge in [-0.05, 0) is 47.5 Å². The van der Waals surface area contributed by atoms with Crippen LogP contribution in [0.4, 0.5) is 0 Å². The fraction of sp³-hybridized carbons (Fsp3) is 0.280. The minimum Gasteiger partial charge on any atom is -0.504 e. The Kier molecular flexibility index (Phi) is 5.21. The lowest BCUT2D eigenvalue weighted by Gasteiger charge is -2.28. The quantitative estimate of drug-likeness (QED) is 0.500. The Hall–Kier alpha value is -3.98. The van der Waals surface area contributed by atoms with Crippen LogP contribution in [-0.4, -0.2) is 39.6 Å². The third kappa shape index (κ3) is 3.12. The summed E-state index contributed by atoms with van der Waals surface area (Å²) in [5, 5.41) is 10.8. The fourth-order valence-electron chi connectivity index (χ4n) is 4.75. The molecule has 0 fully saturated rings. The second kappa shape index (κ2) is 8.11. The van der Waals surface area contributed by atoms with Crippen LogP contribution in [0.1, 0.15) is 17.4 Å². The number of methoxy groups -OCH3 is 2. The number of fused-ring (bicyclic) bond motifs is 3. The lowest BCUT2D eigenvalue weighted by Crippen LogP contribution is -2.37. The molecule has 1 atom stereocenters. The van der Waals surface area contributed by atoms with E-state index in [2.05, 4.69) is 0 Å². The van der Waals surface area contributed by atoms with Crippen molar-refractivity contribution in [3.05, 3.63) is 74.6 Å². The highest BCUT2D eigenvalue weighted by Gasteiger charge is 2.33. The van der Waals surface area contributed by atoms with Gasteiger partial charge in [-0.15, -0.1) is 0 Å². The molecule has 9 heteroatoms. The van der Waals surface area contributed by atoms with Gasteiger partial charge in [0.15, 0.2) is 11.5 Å². The Morgan fingerprint density at radius 3 is 2.38 bits per heavy atom. The van der Waals surface area contributed by atoms with Crippen LogP contribution in [0.25, 0.3) is 22.2 Å². The van der Waals surface area contributed by atoms with Crippen LogP contribution in [0.5, 0.6) is 17.2 Å². The SMILES string of the molecule is COc1ccc(-c2c3c(=O)n(C)c(=O)n(C)c3c3n2CCO[C@@H]3c2ccc(OC)c(O)c2)cc1. The number of aromatic nitrogens is 3. The predicted molar refractivity (Wildman–Crippen MR) is 127 cm³/mol. The Balaban J connectivity index is 1.87. The molecule has 0 aliphatic carbocycles. The van der Waals surface area contributed by atoms with Gasteiger partial charge in [0.25, 0.3) is 5.56 Å². The average Bonchev–Trinajstić information content (AvgIpc) is 3.21. The van der Waals surface area contributed by atoms with E-state index in [1.165, 1.54) is 18.7 Å². The van der Waals surface area contributed by atoms with E-state index in [9.17, 15) is 14.7 Å². The van der Waals surface area contributed by atoms with Gasteiger partial charge in [0.1, 0.15) is 11.9 Å². The van der Waals surface area contributed by atoms with Crippen molar-refractivity contribution in [2.45, 2.75) is 12.6 Å². The molecule has 0 bridgehead atoms. The molecule has 176 valence electrons. The molecule has 1 N–H and O–H groups in total. The normalized spacial score (nSPS) is 15.4. The molecule has 9 nitrogen and oxygen atoms in total. The first kappa shape index (κ1) is 21.8. The highest BCUT2D eigenvalue weighted by molar-refractivity contribution is 5.96. The van der Waals surface area contributed by atoms with Gasteiger partial charge in [0, 0.05) is 20.6 Å². The van der Waals surface area contributed by atoms with Crippen molar-refractivity contribution < 1.29 is 19.3 Å². The van der Waals surface area contributed by atoms with Crippen molar-refractivity contribution in [1.82, 2.24) is 13.7 Å². The number of hydrogen-bond donors (Lipinski definition) is 1. The summed E-state index contributed by atoms with van der Waals surface area (Å²) in [6.07, 6.45) is -0.599. The van der Waals surface area contributed by atoms with Crippen LogP contribution in [0.15, 0.2) is 52.1 Å². The Bertz CT molecular complexity index is 1530. The van der Waals surface area contributed by atoms with Gasteiger partial charge in [-0.25, -0.2) is 4.79 Å².